The highest BCUT2D eigenvalue weighted by Crippen LogP contribution is 2.49. The summed E-state index contributed by atoms with van der Waals surface area (Å²) >= 11 is 0. The normalized spacial score (nSPS) is 12.0. The second-order valence-corrected chi connectivity index (χ2v) is 13.6. The van der Waals surface area contributed by atoms with Crippen molar-refractivity contribution in [2.75, 3.05) is 0 Å². The van der Waals surface area contributed by atoms with Gasteiger partial charge in [0.15, 0.2) is 0 Å². The van der Waals surface area contributed by atoms with Crippen molar-refractivity contribution < 1.29 is 0 Å². The van der Waals surface area contributed by atoms with Crippen molar-refractivity contribution in [3.63, 3.8) is 0 Å². The molecule has 230 valence electrons. The van der Waals surface area contributed by atoms with Gasteiger partial charge in [0.25, 0.3) is 0 Å². The van der Waals surface area contributed by atoms with E-state index in [9.17, 15) is 0 Å². The van der Waals surface area contributed by atoms with E-state index in [1.165, 1.54) is 109 Å². The molecule has 0 bridgehead atoms. The Hall–Kier alpha value is -6.50. The topological polar surface area (TPSA) is 0 Å². The predicted molar refractivity (Wildman–Crippen MR) is 216 cm³/mol. The van der Waals surface area contributed by atoms with Crippen LogP contribution in [-0.2, 0) is 0 Å². The van der Waals surface area contributed by atoms with Crippen molar-refractivity contribution in [3.05, 3.63) is 182 Å². The average Bonchev–Trinajstić information content (AvgIpc) is 3.18. The summed E-state index contributed by atoms with van der Waals surface area (Å²) in [5.74, 6) is 0. The van der Waals surface area contributed by atoms with E-state index in [4.69, 9.17) is 0 Å². The lowest BCUT2D eigenvalue weighted by molar-refractivity contribution is 1.67. The lowest BCUT2D eigenvalue weighted by atomic mass is 9.82. The minimum atomic E-state index is 1.23. The first-order valence-electron chi connectivity index (χ1n) is 17.4. The quantitative estimate of drug-likeness (QED) is 0.135. The third kappa shape index (κ3) is 3.88. The first-order chi connectivity index (χ1) is 24.8. The van der Waals surface area contributed by atoms with Crippen LogP contribution in [0.5, 0.6) is 0 Å². The van der Waals surface area contributed by atoms with E-state index in [2.05, 4.69) is 182 Å². The highest BCUT2D eigenvalue weighted by Gasteiger charge is 2.21. The summed E-state index contributed by atoms with van der Waals surface area (Å²) in [6, 6.07) is 67.7. The van der Waals surface area contributed by atoms with Gasteiger partial charge in [-0.15, -0.1) is 0 Å². The van der Waals surface area contributed by atoms with Crippen molar-refractivity contribution in [3.8, 4) is 33.4 Å². The van der Waals surface area contributed by atoms with Gasteiger partial charge in [-0.2, -0.15) is 0 Å². The number of hydrogen-bond donors (Lipinski definition) is 0. The van der Waals surface area contributed by atoms with Crippen LogP contribution < -0.4 is 0 Å². The van der Waals surface area contributed by atoms with Crippen LogP contribution in [0, 0.1) is 0 Å². The van der Waals surface area contributed by atoms with E-state index in [-0.39, 0.29) is 0 Å². The van der Waals surface area contributed by atoms with Crippen LogP contribution in [0.3, 0.4) is 0 Å². The van der Waals surface area contributed by atoms with Crippen molar-refractivity contribution in [2.45, 2.75) is 0 Å². The second-order valence-electron chi connectivity index (χ2n) is 13.6. The molecule has 0 unspecified atom stereocenters. The first-order valence-corrected chi connectivity index (χ1v) is 17.4. The highest BCUT2D eigenvalue weighted by atomic mass is 14.2. The Morgan fingerprint density at radius 1 is 0.220 bits per heavy atom. The zero-order chi connectivity index (χ0) is 32.8. The summed E-state index contributed by atoms with van der Waals surface area (Å²) in [6.45, 7) is 0. The monoisotopic (exact) mass is 630 g/mol. The van der Waals surface area contributed by atoms with E-state index in [1.54, 1.807) is 0 Å². The minimum Gasteiger partial charge on any atom is -0.0616 e. The molecule has 0 aliphatic rings. The molecular formula is C50H30. The Balaban J connectivity index is 1.32. The molecule has 0 aliphatic carbocycles. The fourth-order valence-electron chi connectivity index (χ4n) is 8.80. The Labute approximate surface area is 289 Å². The van der Waals surface area contributed by atoms with Gasteiger partial charge < -0.3 is 0 Å². The molecule has 11 aromatic rings. The van der Waals surface area contributed by atoms with Gasteiger partial charge in [0, 0.05) is 0 Å². The highest BCUT2D eigenvalue weighted by molar-refractivity contribution is 6.30. The maximum Gasteiger partial charge on any atom is -0.00199 e. The van der Waals surface area contributed by atoms with Gasteiger partial charge in [-0.3, -0.25) is 0 Å². The minimum absolute atomic E-state index is 1.23. The zero-order valence-electron chi connectivity index (χ0n) is 27.3. The van der Waals surface area contributed by atoms with Gasteiger partial charge in [0.2, 0.25) is 0 Å². The van der Waals surface area contributed by atoms with E-state index < -0.39 is 0 Å². The fourth-order valence-corrected chi connectivity index (χ4v) is 8.80. The number of hydrogen-bond acceptors (Lipinski definition) is 0. The summed E-state index contributed by atoms with van der Waals surface area (Å²) < 4.78 is 0. The number of fused-ring (bicyclic) bond motifs is 4. The molecule has 0 heterocycles. The predicted octanol–water partition coefficient (Wildman–Crippen LogP) is 14.2. The Bertz CT molecular complexity index is 3120. The molecule has 0 heteroatoms. The standard InChI is InChI=1S/C50H30/c1-3-16-37-31(10-1)12-8-20-39(37)36-26-29-45-46(30-36)50(40-21-9-13-32-11-2-4-17-38(32)40)42-19-6-5-18-41(42)49(45)44-28-25-35-23-22-33-14-7-15-34-24-27-43(44)48(35)47(33)34/h1-30H. The second kappa shape index (κ2) is 10.5. The van der Waals surface area contributed by atoms with E-state index >= 15 is 0 Å². The summed E-state index contributed by atoms with van der Waals surface area (Å²) in [5, 5.41) is 18.0. The van der Waals surface area contributed by atoms with Crippen LogP contribution in [0.4, 0.5) is 0 Å². The molecule has 0 spiro atoms. The molecule has 0 aromatic heterocycles. The van der Waals surface area contributed by atoms with Gasteiger partial charge in [-0.25, -0.2) is 0 Å². The first kappa shape index (κ1) is 27.5. The smallest absolute Gasteiger partial charge is 0.00199 e. The van der Waals surface area contributed by atoms with Crippen LogP contribution in [0.2, 0.25) is 0 Å². The third-order valence-corrected chi connectivity index (χ3v) is 11.0. The molecule has 0 radical (unpaired) electrons. The molecule has 11 rings (SSSR count). The lowest BCUT2D eigenvalue weighted by Crippen LogP contribution is -1.94. The summed E-state index contributed by atoms with van der Waals surface area (Å²) in [4.78, 5) is 0. The third-order valence-electron chi connectivity index (χ3n) is 11.0. The molecule has 0 nitrogen and oxygen atoms in total. The fraction of sp³-hybridized carbons (Fsp3) is 0. The molecule has 0 N–H and O–H groups in total. The molecule has 0 aliphatic heterocycles. The van der Waals surface area contributed by atoms with Crippen molar-refractivity contribution in [1.29, 1.82) is 0 Å². The maximum absolute atomic E-state index is 2.46. The Morgan fingerprint density at radius 3 is 1.38 bits per heavy atom. The largest absolute Gasteiger partial charge is 0.0616 e. The van der Waals surface area contributed by atoms with Crippen LogP contribution in [0.15, 0.2) is 182 Å². The summed E-state index contributed by atoms with van der Waals surface area (Å²) in [5.41, 5.74) is 7.61. The number of benzene rings is 11. The van der Waals surface area contributed by atoms with Gasteiger partial charge in [0.1, 0.15) is 0 Å². The molecule has 0 saturated heterocycles. The summed E-state index contributed by atoms with van der Waals surface area (Å²) in [6.07, 6.45) is 0. The zero-order valence-corrected chi connectivity index (χ0v) is 27.3. The number of rotatable bonds is 3. The Kier molecular flexibility index (Phi) is 5.76. The average molecular weight is 631 g/mol. The molecule has 50 heavy (non-hydrogen) atoms. The van der Waals surface area contributed by atoms with Gasteiger partial charge >= 0.3 is 0 Å². The van der Waals surface area contributed by atoms with Gasteiger partial charge in [-0.1, -0.05) is 176 Å². The molecule has 0 amide bonds. The maximum atomic E-state index is 2.46. The summed E-state index contributed by atoms with van der Waals surface area (Å²) in [7, 11) is 0. The van der Waals surface area contributed by atoms with Crippen LogP contribution >= 0.6 is 0 Å². The molecule has 0 atom stereocenters. The molecule has 11 aromatic carbocycles. The molecular weight excluding hydrogens is 601 g/mol. The van der Waals surface area contributed by atoms with Crippen LogP contribution in [0.1, 0.15) is 0 Å². The van der Waals surface area contributed by atoms with Gasteiger partial charge in [0.05, 0.1) is 0 Å². The molecule has 0 fully saturated rings. The van der Waals surface area contributed by atoms with Crippen molar-refractivity contribution >= 4 is 75.4 Å². The van der Waals surface area contributed by atoms with Gasteiger partial charge in [-0.05, 0) is 115 Å². The van der Waals surface area contributed by atoms with E-state index in [0.717, 1.165) is 0 Å². The van der Waals surface area contributed by atoms with Crippen molar-refractivity contribution in [2.24, 2.45) is 0 Å². The SMILES string of the molecule is c1ccc2c(-c3ccc4c(-c5ccc6ccc7cccc8ccc5c6c78)c5ccccc5c(-c5cccc6ccccc56)c4c3)cccc2c1. The Morgan fingerprint density at radius 2 is 0.660 bits per heavy atom. The lowest BCUT2D eigenvalue weighted by Gasteiger charge is -2.21. The van der Waals surface area contributed by atoms with Crippen LogP contribution in [-0.4, -0.2) is 0 Å². The molecule has 0 saturated carbocycles. The van der Waals surface area contributed by atoms with E-state index in [1.807, 2.05) is 0 Å². The van der Waals surface area contributed by atoms with Crippen molar-refractivity contribution in [1.82, 2.24) is 0 Å². The van der Waals surface area contributed by atoms with Crippen LogP contribution in [0.25, 0.3) is 109 Å². The van der Waals surface area contributed by atoms with E-state index in [0.29, 0.717) is 0 Å².